The average Bonchev–Trinajstić information content (AvgIpc) is 3.34. The predicted octanol–water partition coefficient (Wildman–Crippen LogP) is 2.45. The lowest BCUT2D eigenvalue weighted by molar-refractivity contribution is -0.107. The maximum atomic E-state index is 12.5. The highest BCUT2D eigenvalue weighted by atomic mass is 32.2. The molecule has 2 aromatic carbocycles. The molecule has 2 heterocycles. The largest absolute Gasteiger partial charge is 0.491 e. The fraction of sp³-hybridized carbons (Fsp3) is 0.192. The zero-order valence-electron chi connectivity index (χ0n) is 20.5. The Bertz CT molecular complexity index is 1310. The molecule has 10 N–H and O–H groups in total. The molecule has 0 saturated carbocycles. The van der Waals surface area contributed by atoms with E-state index >= 15 is 0 Å². The molecule has 0 aliphatic rings. The highest BCUT2D eigenvalue weighted by Gasteiger charge is 2.15. The first-order valence-electron chi connectivity index (χ1n) is 11.2. The normalized spacial score (nSPS) is 10.7. The van der Waals surface area contributed by atoms with Crippen LogP contribution in [0.3, 0.4) is 0 Å². The van der Waals surface area contributed by atoms with Crippen molar-refractivity contribution in [3.05, 3.63) is 88.8 Å². The van der Waals surface area contributed by atoms with Gasteiger partial charge >= 0.3 is 0 Å². The van der Waals surface area contributed by atoms with Gasteiger partial charge in [-0.05, 0) is 29.8 Å². The molecule has 1 atom stereocenters. The van der Waals surface area contributed by atoms with Crippen molar-refractivity contribution >= 4 is 52.8 Å². The van der Waals surface area contributed by atoms with Crippen molar-refractivity contribution in [2.75, 3.05) is 25.5 Å². The van der Waals surface area contributed by atoms with E-state index in [0.29, 0.717) is 28.4 Å². The zero-order valence-corrected chi connectivity index (χ0v) is 22.1. The number of amides is 1. The lowest BCUT2D eigenvalue weighted by Gasteiger charge is -2.11. The monoisotopic (exact) mass is 560 g/mol. The minimum atomic E-state index is -0.341. The number of nitrogen functional groups attached to an aromatic ring is 1. The second-order valence-electron chi connectivity index (χ2n) is 7.64. The molecule has 2 aromatic heterocycles. The summed E-state index contributed by atoms with van der Waals surface area (Å²) in [6.45, 7) is 0.297. The quantitative estimate of drug-likeness (QED) is 0.111. The van der Waals surface area contributed by atoms with Gasteiger partial charge in [-0.3, -0.25) is 4.79 Å². The van der Waals surface area contributed by atoms with Crippen LogP contribution in [0.1, 0.15) is 16.1 Å². The van der Waals surface area contributed by atoms with Gasteiger partial charge in [0.05, 0.1) is 23.1 Å². The summed E-state index contributed by atoms with van der Waals surface area (Å²) in [6.07, 6.45) is 2.66. The first kappa shape index (κ1) is 32.3. The number of pyridine rings is 1. The molecule has 38 heavy (non-hydrogen) atoms. The number of aromatic amines is 2. The standard InChI is InChI=1S/C21H23N3O4S.C5H5NS.2H2O/c22-18-10-16(28-7-6-25)8-15-9-19(24-20(15)18)21(27)23-11-17(12-26)29-13-14-4-2-1-3-5-14;7-5-3-1-2-4-6-5;;/h1-5,8-10,12,17,24-25H,6-7,11,13,22H2,(H,23,27);1-4H,(H,6,7);2*1H2. The Morgan fingerprint density at radius 2 is 1.87 bits per heavy atom. The molecule has 4 aromatic rings. The number of aromatic nitrogens is 2. The molecule has 0 saturated heterocycles. The minimum Gasteiger partial charge on any atom is -0.491 e. The highest BCUT2D eigenvalue weighted by Crippen LogP contribution is 2.28. The van der Waals surface area contributed by atoms with E-state index in [-0.39, 0.29) is 41.9 Å². The Hall–Kier alpha value is -3.68. The van der Waals surface area contributed by atoms with E-state index in [9.17, 15) is 9.59 Å². The number of aliphatic hydroxyl groups is 1. The van der Waals surface area contributed by atoms with E-state index < -0.39 is 0 Å². The van der Waals surface area contributed by atoms with Crippen LogP contribution in [0.4, 0.5) is 5.69 Å². The minimum absolute atomic E-state index is 0. The van der Waals surface area contributed by atoms with E-state index in [1.165, 1.54) is 11.8 Å². The number of ether oxygens (including phenoxy) is 1. The number of benzene rings is 2. The van der Waals surface area contributed by atoms with Gasteiger partial charge in [-0.2, -0.15) is 0 Å². The van der Waals surface area contributed by atoms with Crippen LogP contribution in [-0.2, 0) is 10.5 Å². The van der Waals surface area contributed by atoms with E-state index in [0.717, 1.165) is 21.9 Å². The van der Waals surface area contributed by atoms with Gasteiger partial charge in [-0.15, -0.1) is 11.8 Å². The number of aldehydes is 1. The summed E-state index contributed by atoms with van der Waals surface area (Å²) in [5.41, 5.74) is 8.58. The first-order valence-corrected chi connectivity index (χ1v) is 12.6. The maximum absolute atomic E-state index is 12.5. The number of nitrogens with two attached hydrogens (primary N) is 1. The van der Waals surface area contributed by atoms with Crippen LogP contribution in [0.2, 0.25) is 0 Å². The molecule has 0 bridgehead atoms. The van der Waals surface area contributed by atoms with Crippen molar-refractivity contribution in [2.24, 2.45) is 0 Å². The van der Waals surface area contributed by atoms with Crippen LogP contribution in [0.5, 0.6) is 5.75 Å². The van der Waals surface area contributed by atoms with E-state index in [4.69, 9.17) is 27.8 Å². The molecule has 0 spiro atoms. The molecule has 4 rings (SSSR count). The smallest absolute Gasteiger partial charge is 0.267 e. The number of aliphatic hydroxyl groups excluding tert-OH is 1. The number of carbonyl (C=O) groups excluding carboxylic acids is 2. The number of rotatable bonds is 10. The maximum Gasteiger partial charge on any atom is 0.267 e. The predicted molar refractivity (Wildman–Crippen MR) is 154 cm³/mol. The van der Waals surface area contributed by atoms with Gasteiger partial charge in [-0.1, -0.05) is 48.6 Å². The first-order chi connectivity index (χ1) is 17.5. The molecule has 0 aliphatic heterocycles. The molecule has 1 amide bonds. The Kier molecular flexibility index (Phi) is 14.4. The molecule has 0 fully saturated rings. The Morgan fingerprint density at radius 1 is 1.13 bits per heavy atom. The summed E-state index contributed by atoms with van der Waals surface area (Å²) in [4.78, 5) is 29.7. The Labute approximate surface area is 229 Å². The zero-order chi connectivity index (χ0) is 25.8. The van der Waals surface area contributed by atoms with E-state index in [1.807, 2.05) is 54.7 Å². The summed E-state index contributed by atoms with van der Waals surface area (Å²) < 4.78 is 6.16. The second kappa shape index (κ2) is 16.9. The lowest BCUT2D eigenvalue weighted by atomic mass is 10.2. The number of carbonyl (C=O) groups is 2. The fourth-order valence-electron chi connectivity index (χ4n) is 3.20. The van der Waals surface area contributed by atoms with E-state index in [1.54, 1.807) is 18.2 Å². The van der Waals surface area contributed by atoms with Crippen LogP contribution >= 0.6 is 24.0 Å². The number of H-pyrrole nitrogens is 2. The van der Waals surface area contributed by atoms with Crippen molar-refractivity contribution in [3.63, 3.8) is 0 Å². The number of nitrogens with one attached hydrogen (secondary N) is 3. The third kappa shape index (κ3) is 10.00. The third-order valence-electron chi connectivity index (χ3n) is 4.94. The average molecular weight is 561 g/mol. The van der Waals surface area contributed by atoms with E-state index in [2.05, 4.69) is 15.3 Å². The molecular formula is C26H32N4O6S2. The van der Waals surface area contributed by atoms with Gasteiger partial charge in [0.2, 0.25) is 0 Å². The number of fused-ring (bicyclic) bond motifs is 1. The number of hydrogen-bond donors (Lipinski definition) is 5. The van der Waals surface area contributed by atoms with Gasteiger partial charge in [0.1, 0.15) is 29.0 Å². The molecule has 0 aliphatic carbocycles. The molecule has 10 nitrogen and oxygen atoms in total. The second-order valence-corrected chi connectivity index (χ2v) is 9.31. The van der Waals surface area contributed by atoms with Crippen molar-refractivity contribution in [1.82, 2.24) is 15.3 Å². The van der Waals surface area contributed by atoms with Gasteiger partial charge in [0.15, 0.2) is 0 Å². The Morgan fingerprint density at radius 3 is 2.47 bits per heavy atom. The van der Waals surface area contributed by atoms with Crippen LogP contribution < -0.4 is 15.8 Å². The van der Waals surface area contributed by atoms with Gasteiger partial charge in [-0.25, -0.2) is 0 Å². The van der Waals surface area contributed by atoms with Crippen LogP contribution in [0.15, 0.2) is 72.9 Å². The van der Waals surface area contributed by atoms with Crippen molar-refractivity contribution < 1.29 is 30.4 Å². The number of hydrogen-bond acceptors (Lipinski definition) is 7. The Balaban J connectivity index is 0.000000697. The highest BCUT2D eigenvalue weighted by molar-refractivity contribution is 7.99. The summed E-state index contributed by atoms with van der Waals surface area (Å²) in [7, 11) is 0. The van der Waals surface area contributed by atoms with Gasteiger partial charge in [0, 0.05) is 29.9 Å². The van der Waals surface area contributed by atoms with Gasteiger partial charge < -0.3 is 46.6 Å². The third-order valence-corrected chi connectivity index (χ3v) is 6.40. The summed E-state index contributed by atoms with van der Waals surface area (Å²) >= 11 is 6.24. The van der Waals surface area contributed by atoms with Gasteiger partial charge in [0.25, 0.3) is 5.91 Å². The van der Waals surface area contributed by atoms with Crippen LogP contribution in [0, 0.1) is 4.64 Å². The SMILES string of the molecule is Nc1cc(OCCO)cc2cc(C(=O)NCC(C=O)SCc3ccccc3)[nH]c12.O.O.S=c1cccc[nH]1. The molecule has 12 heteroatoms. The van der Waals surface area contributed by atoms with Crippen molar-refractivity contribution in [2.45, 2.75) is 11.0 Å². The van der Waals surface area contributed by atoms with Crippen LogP contribution in [-0.4, -0.2) is 63.2 Å². The van der Waals surface area contributed by atoms with Crippen molar-refractivity contribution in [3.8, 4) is 5.75 Å². The summed E-state index contributed by atoms with van der Waals surface area (Å²) in [5.74, 6) is 0.901. The molecule has 204 valence electrons. The summed E-state index contributed by atoms with van der Waals surface area (Å²) in [6, 6.07) is 20.6. The fourth-order valence-corrected chi connectivity index (χ4v) is 4.23. The summed E-state index contributed by atoms with van der Waals surface area (Å²) in [5, 5.41) is 12.0. The molecule has 0 radical (unpaired) electrons. The number of thioether (sulfide) groups is 1. The molecule has 1 unspecified atom stereocenters. The lowest BCUT2D eigenvalue weighted by Crippen LogP contribution is -2.31. The van der Waals surface area contributed by atoms with Crippen molar-refractivity contribution in [1.29, 1.82) is 0 Å². The topological polar surface area (TPSA) is 196 Å². The van der Waals surface area contributed by atoms with Crippen LogP contribution in [0.25, 0.3) is 10.9 Å². The molecular weight excluding hydrogens is 528 g/mol. The number of anilines is 1.